The van der Waals surface area contributed by atoms with E-state index in [2.05, 4.69) is 10.5 Å². The van der Waals surface area contributed by atoms with Gasteiger partial charge in [-0.05, 0) is 26.7 Å². The van der Waals surface area contributed by atoms with Crippen molar-refractivity contribution in [2.24, 2.45) is 0 Å². The zero-order valence-corrected chi connectivity index (χ0v) is 14.2. The number of rotatable bonds is 3. The lowest BCUT2D eigenvalue weighted by Gasteiger charge is -2.40. The van der Waals surface area contributed by atoms with E-state index in [1.807, 2.05) is 4.90 Å². The van der Waals surface area contributed by atoms with Crippen LogP contribution >= 0.6 is 0 Å². The lowest BCUT2D eigenvalue weighted by atomic mass is 10.1. The van der Waals surface area contributed by atoms with Crippen LogP contribution in [-0.2, 0) is 14.8 Å². The predicted octanol–water partition coefficient (Wildman–Crippen LogP) is -0.124. The number of hydrogen-bond donors (Lipinski definition) is 1. The van der Waals surface area contributed by atoms with Gasteiger partial charge in [-0.3, -0.25) is 4.79 Å². The highest BCUT2D eigenvalue weighted by Crippen LogP contribution is 2.27. The van der Waals surface area contributed by atoms with E-state index >= 15 is 0 Å². The third kappa shape index (κ3) is 3.00. The summed E-state index contributed by atoms with van der Waals surface area (Å²) in [7, 11) is -3.65. The molecule has 1 atom stereocenters. The minimum absolute atomic E-state index is 0.0397. The van der Waals surface area contributed by atoms with Gasteiger partial charge in [-0.1, -0.05) is 5.16 Å². The van der Waals surface area contributed by atoms with Crippen LogP contribution in [0.25, 0.3) is 0 Å². The van der Waals surface area contributed by atoms with Crippen LogP contribution in [0.4, 0.5) is 0 Å². The van der Waals surface area contributed by atoms with E-state index < -0.39 is 10.0 Å². The number of hydrogen-bond acceptors (Lipinski definition) is 6. The summed E-state index contributed by atoms with van der Waals surface area (Å²) in [6.07, 6.45) is 1.57. The molecule has 9 heteroatoms. The molecule has 0 saturated carbocycles. The summed E-state index contributed by atoms with van der Waals surface area (Å²) in [5.41, 5.74) is 0.378. The topological polar surface area (TPSA) is 95.8 Å². The Bertz CT molecular complexity index is 680. The quantitative estimate of drug-likeness (QED) is 0.822. The summed E-state index contributed by atoms with van der Waals surface area (Å²) in [6.45, 7) is 5.73. The number of carbonyl (C=O) groups is 1. The fraction of sp³-hybridized carbons (Fsp3) is 0.714. The van der Waals surface area contributed by atoms with Crippen LogP contribution in [0, 0.1) is 13.8 Å². The average molecular weight is 342 g/mol. The highest BCUT2D eigenvalue weighted by Gasteiger charge is 2.37. The van der Waals surface area contributed by atoms with Crippen LogP contribution < -0.4 is 5.32 Å². The fourth-order valence-electron chi connectivity index (χ4n) is 3.37. The molecule has 8 nitrogen and oxygen atoms in total. The summed E-state index contributed by atoms with van der Waals surface area (Å²) in [6, 6.07) is -0.0615. The largest absolute Gasteiger partial charge is 0.360 e. The Hall–Kier alpha value is -1.45. The van der Waals surface area contributed by atoms with Gasteiger partial charge in [0.05, 0.1) is 6.54 Å². The second-order valence-electron chi connectivity index (χ2n) is 6.08. The molecule has 3 rings (SSSR count). The number of piperidine rings is 1. The Balaban J connectivity index is 1.82. The van der Waals surface area contributed by atoms with Crippen molar-refractivity contribution >= 4 is 15.9 Å². The minimum atomic E-state index is -3.65. The molecule has 23 heavy (non-hydrogen) atoms. The van der Waals surface area contributed by atoms with Gasteiger partial charge < -0.3 is 14.7 Å². The molecule has 0 aliphatic carbocycles. The Morgan fingerprint density at radius 1 is 1.30 bits per heavy atom. The molecule has 2 aliphatic rings. The molecule has 2 fully saturated rings. The maximum atomic E-state index is 12.9. The lowest BCUT2D eigenvalue weighted by molar-refractivity contribution is -0.135. The van der Waals surface area contributed by atoms with E-state index in [4.69, 9.17) is 4.52 Å². The Morgan fingerprint density at radius 2 is 2.09 bits per heavy atom. The second kappa shape index (κ2) is 6.21. The van der Waals surface area contributed by atoms with Crippen molar-refractivity contribution in [2.45, 2.75) is 37.6 Å². The molecule has 0 spiro atoms. The normalized spacial score (nSPS) is 24.2. The average Bonchev–Trinajstić information content (AvgIpc) is 2.87. The van der Waals surface area contributed by atoms with Crippen LogP contribution in [0.2, 0.25) is 0 Å². The number of aromatic nitrogens is 1. The van der Waals surface area contributed by atoms with E-state index in [1.54, 1.807) is 13.8 Å². The van der Waals surface area contributed by atoms with Gasteiger partial charge in [-0.15, -0.1) is 0 Å². The van der Waals surface area contributed by atoms with Gasteiger partial charge in [0.1, 0.15) is 10.6 Å². The zero-order chi connectivity index (χ0) is 16.6. The first-order valence-corrected chi connectivity index (χ1v) is 9.28. The van der Waals surface area contributed by atoms with Gasteiger partial charge in [0.25, 0.3) is 0 Å². The van der Waals surface area contributed by atoms with Crippen LogP contribution in [0.3, 0.4) is 0 Å². The SMILES string of the molecule is Cc1noc(C)c1S(=O)(=O)N1CCCC(N2CCNCC2=O)C1. The van der Waals surface area contributed by atoms with Crippen LogP contribution in [-0.4, -0.2) is 67.5 Å². The number of sulfonamides is 1. The summed E-state index contributed by atoms with van der Waals surface area (Å²) in [5.74, 6) is 0.348. The van der Waals surface area contributed by atoms with Crippen LogP contribution in [0.5, 0.6) is 0 Å². The van der Waals surface area contributed by atoms with Crippen molar-refractivity contribution in [1.82, 2.24) is 19.7 Å². The number of nitrogens with one attached hydrogen (secondary N) is 1. The summed E-state index contributed by atoms with van der Waals surface area (Å²) in [5, 5.41) is 6.78. The molecule has 2 saturated heterocycles. The van der Waals surface area contributed by atoms with Gasteiger partial charge in [-0.25, -0.2) is 8.42 Å². The number of amides is 1. The molecule has 1 aromatic heterocycles. The van der Waals surface area contributed by atoms with Gasteiger partial charge >= 0.3 is 0 Å². The zero-order valence-electron chi connectivity index (χ0n) is 13.4. The van der Waals surface area contributed by atoms with E-state index in [1.165, 1.54) is 4.31 Å². The molecule has 0 radical (unpaired) electrons. The predicted molar refractivity (Wildman–Crippen MR) is 82.3 cm³/mol. The van der Waals surface area contributed by atoms with Gasteiger partial charge in [0.15, 0.2) is 5.76 Å². The first-order chi connectivity index (χ1) is 10.9. The highest BCUT2D eigenvalue weighted by molar-refractivity contribution is 7.89. The van der Waals surface area contributed by atoms with Crippen molar-refractivity contribution < 1.29 is 17.7 Å². The van der Waals surface area contributed by atoms with Crippen molar-refractivity contribution in [2.75, 3.05) is 32.7 Å². The van der Waals surface area contributed by atoms with Crippen LogP contribution in [0.1, 0.15) is 24.3 Å². The molecule has 0 bridgehead atoms. The monoisotopic (exact) mass is 342 g/mol. The maximum Gasteiger partial charge on any atom is 0.248 e. The van der Waals surface area contributed by atoms with Crippen molar-refractivity contribution in [3.05, 3.63) is 11.5 Å². The highest BCUT2D eigenvalue weighted by atomic mass is 32.2. The van der Waals surface area contributed by atoms with E-state index in [0.717, 1.165) is 19.4 Å². The molecule has 1 aromatic rings. The summed E-state index contributed by atoms with van der Waals surface area (Å²) in [4.78, 5) is 14.0. The third-order valence-corrected chi connectivity index (χ3v) is 6.60. The molecule has 1 amide bonds. The van der Waals surface area contributed by atoms with Crippen molar-refractivity contribution in [3.8, 4) is 0 Å². The standard InChI is InChI=1S/C14H22N4O4S/c1-10-14(11(2)22-16-10)23(20,21)17-6-3-4-12(9-17)18-7-5-15-8-13(18)19/h12,15H,3-9H2,1-2H3. The molecular weight excluding hydrogens is 320 g/mol. The molecule has 2 aliphatic heterocycles. The molecule has 128 valence electrons. The van der Waals surface area contributed by atoms with Gasteiger partial charge in [0, 0.05) is 32.2 Å². The Kier molecular flexibility index (Phi) is 4.43. The minimum Gasteiger partial charge on any atom is -0.360 e. The number of carbonyl (C=O) groups excluding carboxylic acids is 1. The van der Waals surface area contributed by atoms with E-state index in [0.29, 0.717) is 37.6 Å². The van der Waals surface area contributed by atoms with Gasteiger partial charge in [-0.2, -0.15) is 4.31 Å². The summed E-state index contributed by atoms with van der Waals surface area (Å²) < 4.78 is 32.3. The van der Waals surface area contributed by atoms with Crippen molar-refractivity contribution in [3.63, 3.8) is 0 Å². The number of piperazine rings is 1. The molecule has 3 heterocycles. The summed E-state index contributed by atoms with van der Waals surface area (Å²) >= 11 is 0. The second-order valence-corrected chi connectivity index (χ2v) is 7.95. The van der Waals surface area contributed by atoms with E-state index in [9.17, 15) is 13.2 Å². The van der Waals surface area contributed by atoms with Crippen LogP contribution in [0.15, 0.2) is 9.42 Å². The number of aryl methyl sites for hydroxylation is 2. The lowest BCUT2D eigenvalue weighted by Crippen LogP contribution is -2.57. The smallest absolute Gasteiger partial charge is 0.248 e. The fourth-order valence-corrected chi connectivity index (χ4v) is 5.18. The number of nitrogens with zero attached hydrogens (tertiary/aromatic N) is 3. The van der Waals surface area contributed by atoms with Gasteiger partial charge in [0.2, 0.25) is 15.9 Å². The molecule has 0 aromatic carbocycles. The first kappa shape index (κ1) is 16.4. The molecule has 1 N–H and O–H groups in total. The Labute approximate surface area is 135 Å². The molecular formula is C14H22N4O4S. The third-order valence-electron chi connectivity index (χ3n) is 4.49. The molecule has 1 unspecified atom stereocenters. The van der Waals surface area contributed by atoms with E-state index in [-0.39, 0.29) is 16.8 Å². The Morgan fingerprint density at radius 3 is 2.74 bits per heavy atom. The maximum absolute atomic E-state index is 12.9. The first-order valence-electron chi connectivity index (χ1n) is 7.84. The van der Waals surface area contributed by atoms with Crippen molar-refractivity contribution in [1.29, 1.82) is 0 Å².